The average Bonchev–Trinajstić information content (AvgIpc) is 2.90. The first-order valence-electron chi connectivity index (χ1n) is 4.44. The average molecular weight is 176 g/mol. The zero-order valence-electron chi connectivity index (χ0n) is 7.58. The molecule has 0 heterocycles. The SMILES string of the molecule is Cc1ccc(C2(C=O)CC2)cc1O. The second-order valence-corrected chi connectivity index (χ2v) is 3.78. The van der Waals surface area contributed by atoms with E-state index in [9.17, 15) is 9.90 Å². The Bertz CT molecular complexity index is 351. The summed E-state index contributed by atoms with van der Waals surface area (Å²) in [6.07, 6.45) is 2.83. The minimum atomic E-state index is -0.273. The van der Waals surface area contributed by atoms with Crippen molar-refractivity contribution in [1.29, 1.82) is 0 Å². The molecule has 0 aliphatic heterocycles. The molecule has 13 heavy (non-hydrogen) atoms. The number of hydrogen-bond donors (Lipinski definition) is 1. The van der Waals surface area contributed by atoms with Crippen molar-refractivity contribution in [2.45, 2.75) is 25.2 Å². The maximum absolute atomic E-state index is 10.8. The number of phenolic OH excluding ortho intramolecular Hbond substituents is 1. The Labute approximate surface area is 77.2 Å². The van der Waals surface area contributed by atoms with Crippen molar-refractivity contribution in [3.05, 3.63) is 29.3 Å². The molecule has 0 radical (unpaired) electrons. The molecule has 1 aliphatic rings. The van der Waals surface area contributed by atoms with Gasteiger partial charge >= 0.3 is 0 Å². The Hall–Kier alpha value is -1.31. The lowest BCUT2D eigenvalue weighted by atomic mass is 9.96. The summed E-state index contributed by atoms with van der Waals surface area (Å²) < 4.78 is 0. The van der Waals surface area contributed by atoms with Crippen molar-refractivity contribution in [2.24, 2.45) is 0 Å². The van der Waals surface area contributed by atoms with Crippen molar-refractivity contribution >= 4 is 6.29 Å². The summed E-state index contributed by atoms with van der Waals surface area (Å²) in [4.78, 5) is 10.8. The third-order valence-corrected chi connectivity index (χ3v) is 2.80. The summed E-state index contributed by atoms with van der Waals surface area (Å²) >= 11 is 0. The van der Waals surface area contributed by atoms with Crippen LogP contribution in [0.1, 0.15) is 24.0 Å². The molecule has 1 fully saturated rings. The second-order valence-electron chi connectivity index (χ2n) is 3.78. The van der Waals surface area contributed by atoms with Gasteiger partial charge in [-0.15, -0.1) is 0 Å². The number of hydrogen-bond acceptors (Lipinski definition) is 2. The third kappa shape index (κ3) is 1.22. The Morgan fingerprint density at radius 2 is 2.15 bits per heavy atom. The number of benzene rings is 1. The van der Waals surface area contributed by atoms with Gasteiger partial charge in [0.2, 0.25) is 0 Å². The lowest BCUT2D eigenvalue weighted by Crippen LogP contribution is -2.07. The first kappa shape index (κ1) is 8.30. The van der Waals surface area contributed by atoms with Gasteiger partial charge in [0.25, 0.3) is 0 Å². The van der Waals surface area contributed by atoms with Crippen LogP contribution in [0.4, 0.5) is 0 Å². The van der Waals surface area contributed by atoms with E-state index < -0.39 is 0 Å². The molecular weight excluding hydrogens is 164 g/mol. The monoisotopic (exact) mass is 176 g/mol. The van der Waals surface area contributed by atoms with Crippen LogP contribution in [-0.2, 0) is 10.2 Å². The van der Waals surface area contributed by atoms with Crippen LogP contribution < -0.4 is 0 Å². The zero-order valence-corrected chi connectivity index (χ0v) is 7.58. The third-order valence-electron chi connectivity index (χ3n) is 2.80. The number of phenols is 1. The Kier molecular flexibility index (Phi) is 1.65. The first-order valence-corrected chi connectivity index (χ1v) is 4.44. The van der Waals surface area contributed by atoms with Gasteiger partial charge in [-0.05, 0) is 37.0 Å². The van der Waals surface area contributed by atoms with Crippen LogP contribution in [0.25, 0.3) is 0 Å². The number of carbonyl (C=O) groups excluding carboxylic acids is 1. The van der Waals surface area contributed by atoms with Crippen LogP contribution in [0.2, 0.25) is 0 Å². The Balaban J connectivity index is 2.42. The molecule has 68 valence electrons. The van der Waals surface area contributed by atoms with E-state index in [2.05, 4.69) is 0 Å². The molecule has 1 aliphatic carbocycles. The molecule has 0 amide bonds. The Morgan fingerprint density at radius 3 is 2.62 bits per heavy atom. The van der Waals surface area contributed by atoms with Crippen molar-refractivity contribution in [2.75, 3.05) is 0 Å². The number of rotatable bonds is 2. The van der Waals surface area contributed by atoms with E-state index in [1.807, 2.05) is 19.1 Å². The standard InChI is InChI=1S/C11H12O2/c1-8-2-3-9(6-10(8)13)11(7-12)4-5-11/h2-3,6-7,13H,4-5H2,1H3. The summed E-state index contributed by atoms with van der Waals surface area (Å²) in [5, 5.41) is 9.47. The van der Waals surface area contributed by atoms with E-state index in [1.54, 1.807) is 6.07 Å². The predicted molar refractivity (Wildman–Crippen MR) is 49.8 cm³/mol. The van der Waals surface area contributed by atoms with Crippen LogP contribution >= 0.6 is 0 Å². The lowest BCUT2D eigenvalue weighted by Gasteiger charge is -2.08. The van der Waals surface area contributed by atoms with Crippen LogP contribution in [0.15, 0.2) is 18.2 Å². The van der Waals surface area contributed by atoms with Gasteiger partial charge < -0.3 is 9.90 Å². The summed E-state index contributed by atoms with van der Waals surface area (Å²) in [7, 11) is 0. The summed E-state index contributed by atoms with van der Waals surface area (Å²) in [6.45, 7) is 1.85. The van der Waals surface area contributed by atoms with Crippen molar-refractivity contribution in [3.63, 3.8) is 0 Å². The summed E-state index contributed by atoms with van der Waals surface area (Å²) in [6, 6.07) is 5.49. The van der Waals surface area contributed by atoms with E-state index in [4.69, 9.17) is 0 Å². The minimum Gasteiger partial charge on any atom is -0.508 e. The number of carbonyl (C=O) groups is 1. The molecule has 0 unspecified atom stereocenters. The zero-order chi connectivity index (χ0) is 9.47. The number of aryl methyl sites for hydroxylation is 1. The quantitative estimate of drug-likeness (QED) is 0.699. The highest BCUT2D eigenvalue weighted by Crippen LogP contribution is 2.47. The van der Waals surface area contributed by atoms with Gasteiger partial charge in [-0.3, -0.25) is 0 Å². The fourth-order valence-electron chi connectivity index (χ4n) is 1.53. The van der Waals surface area contributed by atoms with Gasteiger partial charge in [0.05, 0.1) is 5.41 Å². The summed E-state index contributed by atoms with van der Waals surface area (Å²) in [5.41, 5.74) is 1.53. The van der Waals surface area contributed by atoms with Gasteiger partial charge in [0.1, 0.15) is 12.0 Å². The molecule has 1 aromatic carbocycles. The van der Waals surface area contributed by atoms with Crippen molar-refractivity contribution in [3.8, 4) is 5.75 Å². The molecule has 0 atom stereocenters. The van der Waals surface area contributed by atoms with E-state index in [0.29, 0.717) is 0 Å². The van der Waals surface area contributed by atoms with Crippen LogP contribution in [-0.4, -0.2) is 11.4 Å². The molecule has 1 saturated carbocycles. The second kappa shape index (κ2) is 2.59. The molecule has 2 nitrogen and oxygen atoms in total. The minimum absolute atomic E-state index is 0.273. The predicted octanol–water partition coefficient (Wildman–Crippen LogP) is 1.93. The molecule has 0 saturated heterocycles. The maximum atomic E-state index is 10.8. The van der Waals surface area contributed by atoms with Gasteiger partial charge in [-0.1, -0.05) is 12.1 Å². The smallest absolute Gasteiger partial charge is 0.130 e. The van der Waals surface area contributed by atoms with Crippen LogP contribution in [0.3, 0.4) is 0 Å². The first-order chi connectivity index (χ1) is 6.18. The van der Waals surface area contributed by atoms with Crippen LogP contribution in [0.5, 0.6) is 5.75 Å². The largest absolute Gasteiger partial charge is 0.508 e. The van der Waals surface area contributed by atoms with Gasteiger partial charge in [-0.2, -0.15) is 0 Å². The highest BCUT2D eigenvalue weighted by molar-refractivity contribution is 5.73. The number of aromatic hydroxyl groups is 1. The maximum Gasteiger partial charge on any atom is 0.130 e. The molecule has 0 bridgehead atoms. The van der Waals surface area contributed by atoms with Gasteiger partial charge in [-0.25, -0.2) is 0 Å². The molecular formula is C11H12O2. The van der Waals surface area contributed by atoms with Gasteiger partial charge in [0, 0.05) is 0 Å². The molecule has 2 rings (SSSR count). The lowest BCUT2D eigenvalue weighted by molar-refractivity contribution is -0.109. The topological polar surface area (TPSA) is 37.3 Å². The summed E-state index contributed by atoms with van der Waals surface area (Å²) in [5.74, 6) is 0.283. The van der Waals surface area contributed by atoms with E-state index in [0.717, 1.165) is 30.3 Å². The molecule has 2 heteroatoms. The van der Waals surface area contributed by atoms with E-state index in [1.165, 1.54) is 0 Å². The molecule has 1 N–H and O–H groups in total. The van der Waals surface area contributed by atoms with Crippen LogP contribution in [0, 0.1) is 6.92 Å². The van der Waals surface area contributed by atoms with Crippen molar-refractivity contribution < 1.29 is 9.90 Å². The normalized spacial score (nSPS) is 18.2. The van der Waals surface area contributed by atoms with Gasteiger partial charge in [0.15, 0.2) is 0 Å². The molecule has 0 aromatic heterocycles. The van der Waals surface area contributed by atoms with Crippen molar-refractivity contribution in [1.82, 2.24) is 0 Å². The molecule has 0 spiro atoms. The Morgan fingerprint density at radius 1 is 1.46 bits per heavy atom. The fourth-order valence-corrected chi connectivity index (χ4v) is 1.53. The molecule has 1 aromatic rings. The highest BCUT2D eigenvalue weighted by atomic mass is 16.3. The fraction of sp³-hybridized carbons (Fsp3) is 0.364. The van der Waals surface area contributed by atoms with E-state index in [-0.39, 0.29) is 11.2 Å². The number of aldehydes is 1. The van der Waals surface area contributed by atoms with E-state index >= 15 is 0 Å². The highest BCUT2D eigenvalue weighted by Gasteiger charge is 2.44.